The molecule has 2 aromatic rings. The highest BCUT2D eigenvalue weighted by molar-refractivity contribution is 5.89. The molecule has 1 aromatic heterocycles. The van der Waals surface area contributed by atoms with Crippen LogP contribution >= 0.6 is 0 Å². The molecular formula is C13H11N3O4. The van der Waals surface area contributed by atoms with Crippen molar-refractivity contribution in [1.82, 2.24) is 9.78 Å². The van der Waals surface area contributed by atoms with Crippen molar-refractivity contribution in [2.75, 3.05) is 0 Å². The normalized spacial score (nSPS) is 10.8. The van der Waals surface area contributed by atoms with Crippen molar-refractivity contribution in [2.45, 2.75) is 6.54 Å². The van der Waals surface area contributed by atoms with Gasteiger partial charge >= 0.3 is 11.7 Å². The van der Waals surface area contributed by atoms with Crippen LogP contribution in [0.3, 0.4) is 0 Å². The van der Waals surface area contributed by atoms with Gasteiger partial charge in [0.15, 0.2) is 0 Å². The van der Waals surface area contributed by atoms with Gasteiger partial charge < -0.3 is 5.11 Å². The second-order valence-corrected chi connectivity index (χ2v) is 3.96. The average molecular weight is 273 g/mol. The zero-order valence-corrected chi connectivity index (χ0v) is 10.3. The summed E-state index contributed by atoms with van der Waals surface area (Å²) in [7, 11) is 0. The maximum absolute atomic E-state index is 10.8. The van der Waals surface area contributed by atoms with Gasteiger partial charge in [0.1, 0.15) is 6.20 Å². The smallest absolute Gasteiger partial charge is 0.363 e. The maximum atomic E-state index is 10.8. The molecule has 7 nitrogen and oxygen atoms in total. The molecule has 0 aliphatic heterocycles. The topological polar surface area (TPSA) is 98.3 Å². The first-order valence-corrected chi connectivity index (χ1v) is 5.74. The molecule has 7 heteroatoms. The van der Waals surface area contributed by atoms with E-state index in [0.717, 1.165) is 11.8 Å². The molecule has 0 aliphatic rings. The number of aromatic nitrogens is 2. The summed E-state index contributed by atoms with van der Waals surface area (Å²) < 4.78 is 1.22. The lowest BCUT2D eigenvalue weighted by atomic mass is 10.2. The van der Waals surface area contributed by atoms with Crippen molar-refractivity contribution < 1.29 is 14.8 Å². The zero-order valence-electron chi connectivity index (χ0n) is 10.3. The lowest BCUT2D eigenvalue weighted by Gasteiger charge is -1.94. The molecule has 2 rings (SSSR count). The number of carboxylic acid groups (broad SMARTS) is 1. The van der Waals surface area contributed by atoms with E-state index in [1.807, 2.05) is 36.4 Å². The quantitative estimate of drug-likeness (QED) is 0.665. The third kappa shape index (κ3) is 3.08. The molecule has 0 aliphatic carbocycles. The molecule has 20 heavy (non-hydrogen) atoms. The van der Waals surface area contributed by atoms with Crippen LogP contribution in [0.15, 0.2) is 42.6 Å². The van der Waals surface area contributed by atoms with Crippen LogP contribution in [-0.2, 0) is 6.54 Å². The Morgan fingerprint density at radius 1 is 1.40 bits per heavy atom. The molecule has 0 unspecified atom stereocenters. The van der Waals surface area contributed by atoms with Crippen LogP contribution in [0.2, 0.25) is 0 Å². The van der Waals surface area contributed by atoms with E-state index in [4.69, 9.17) is 5.11 Å². The number of rotatable bonds is 5. The Morgan fingerprint density at radius 2 is 2.10 bits per heavy atom. The maximum Gasteiger partial charge on any atom is 0.363 e. The Bertz CT molecular complexity index is 630. The number of aromatic carboxylic acids is 1. The van der Waals surface area contributed by atoms with Crippen LogP contribution in [0, 0.1) is 10.1 Å². The van der Waals surface area contributed by atoms with Gasteiger partial charge in [-0.05, 0) is 5.56 Å². The minimum Gasteiger partial charge on any atom is -0.476 e. The lowest BCUT2D eigenvalue weighted by molar-refractivity contribution is -0.385. The largest absolute Gasteiger partial charge is 0.476 e. The minimum absolute atomic E-state index is 0.253. The predicted molar refractivity (Wildman–Crippen MR) is 71.3 cm³/mol. The first kappa shape index (κ1) is 13.5. The summed E-state index contributed by atoms with van der Waals surface area (Å²) in [5.41, 5.74) is -0.0821. The SMILES string of the molecule is O=C(O)c1nn(C/C=C/c2ccccc2)cc1[N+](=O)[O-]. The number of carbonyl (C=O) groups is 1. The summed E-state index contributed by atoms with van der Waals surface area (Å²) in [6, 6.07) is 9.49. The van der Waals surface area contributed by atoms with E-state index in [0.29, 0.717) is 0 Å². The molecule has 0 saturated heterocycles. The fourth-order valence-corrected chi connectivity index (χ4v) is 1.65. The third-order valence-electron chi connectivity index (χ3n) is 2.54. The van der Waals surface area contributed by atoms with Crippen LogP contribution in [-0.4, -0.2) is 25.8 Å². The Hall–Kier alpha value is -2.96. The van der Waals surface area contributed by atoms with E-state index in [2.05, 4.69) is 5.10 Å². The van der Waals surface area contributed by atoms with Gasteiger partial charge in [0.2, 0.25) is 5.69 Å². The summed E-state index contributed by atoms with van der Waals surface area (Å²) in [5.74, 6) is -1.41. The molecule has 102 valence electrons. The highest BCUT2D eigenvalue weighted by Crippen LogP contribution is 2.16. The number of hydrogen-bond donors (Lipinski definition) is 1. The summed E-state index contributed by atoms with van der Waals surface area (Å²) in [5, 5.41) is 23.2. The van der Waals surface area contributed by atoms with E-state index in [1.165, 1.54) is 4.68 Å². The standard InChI is InChI=1S/C13H11N3O4/c17-13(18)12-11(16(19)20)9-15(14-12)8-4-7-10-5-2-1-3-6-10/h1-7,9H,8H2,(H,17,18)/b7-4+. The van der Waals surface area contributed by atoms with Crippen LogP contribution in [0.4, 0.5) is 5.69 Å². The second kappa shape index (κ2) is 5.79. The number of nitro groups is 1. The van der Waals surface area contributed by atoms with E-state index in [1.54, 1.807) is 6.08 Å². The van der Waals surface area contributed by atoms with E-state index < -0.39 is 22.3 Å². The molecule has 0 fully saturated rings. The summed E-state index contributed by atoms with van der Waals surface area (Å²) >= 11 is 0. The van der Waals surface area contributed by atoms with E-state index in [9.17, 15) is 14.9 Å². The number of benzene rings is 1. The van der Waals surface area contributed by atoms with Gasteiger partial charge in [0.25, 0.3) is 0 Å². The highest BCUT2D eigenvalue weighted by Gasteiger charge is 2.24. The van der Waals surface area contributed by atoms with Gasteiger partial charge in [0, 0.05) is 0 Å². The molecule has 0 radical (unpaired) electrons. The monoisotopic (exact) mass is 273 g/mol. The van der Waals surface area contributed by atoms with Gasteiger partial charge in [-0.2, -0.15) is 5.10 Å². The van der Waals surface area contributed by atoms with Gasteiger partial charge in [-0.15, -0.1) is 0 Å². The molecule has 1 heterocycles. The average Bonchev–Trinajstić information content (AvgIpc) is 2.85. The van der Waals surface area contributed by atoms with Crippen LogP contribution in [0.5, 0.6) is 0 Å². The molecule has 0 spiro atoms. The molecular weight excluding hydrogens is 262 g/mol. The lowest BCUT2D eigenvalue weighted by Crippen LogP contribution is -2.03. The van der Waals surface area contributed by atoms with Crippen molar-refractivity contribution in [3.05, 3.63) is 64.0 Å². The summed E-state index contributed by atoms with van der Waals surface area (Å²) in [6.45, 7) is 0.253. The number of hydrogen-bond acceptors (Lipinski definition) is 4. The van der Waals surface area contributed by atoms with Crippen LogP contribution < -0.4 is 0 Å². The predicted octanol–water partition coefficient (Wildman–Crippen LogP) is 2.20. The summed E-state index contributed by atoms with van der Waals surface area (Å²) in [6.07, 6.45) is 4.68. The van der Waals surface area contributed by atoms with Gasteiger partial charge in [-0.25, -0.2) is 4.79 Å². The molecule has 0 amide bonds. The van der Waals surface area contributed by atoms with Crippen molar-refractivity contribution in [1.29, 1.82) is 0 Å². The minimum atomic E-state index is -1.41. The van der Waals surface area contributed by atoms with Crippen LogP contribution in [0.1, 0.15) is 16.1 Å². The van der Waals surface area contributed by atoms with E-state index in [-0.39, 0.29) is 6.54 Å². The molecule has 0 atom stereocenters. The Balaban J connectivity index is 2.14. The zero-order chi connectivity index (χ0) is 14.5. The Labute approximate surface area is 113 Å². The Morgan fingerprint density at radius 3 is 2.65 bits per heavy atom. The van der Waals surface area contributed by atoms with Gasteiger partial charge in [-0.1, -0.05) is 42.5 Å². The Kier molecular flexibility index (Phi) is 3.90. The molecule has 1 aromatic carbocycles. The number of carboxylic acids is 1. The van der Waals surface area contributed by atoms with Crippen molar-refractivity contribution in [2.24, 2.45) is 0 Å². The van der Waals surface area contributed by atoms with Crippen LogP contribution in [0.25, 0.3) is 6.08 Å². The highest BCUT2D eigenvalue weighted by atomic mass is 16.6. The molecule has 1 N–H and O–H groups in total. The third-order valence-corrected chi connectivity index (χ3v) is 2.54. The summed E-state index contributed by atoms with van der Waals surface area (Å²) in [4.78, 5) is 20.8. The van der Waals surface area contributed by atoms with Gasteiger partial charge in [0.05, 0.1) is 11.5 Å². The molecule has 0 bridgehead atoms. The van der Waals surface area contributed by atoms with Crippen molar-refractivity contribution in [3.8, 4) is 0 Å². The number of nitrogens with zero attached hydrogens (tertiary/aromatic N) is 3. The van der Waals surface area contributed by atoms with Gasteiger partial charge in [-0.3, -0.25) is 14.8 Å². The van der Waals surface area contributed by atoms with Crippen molar-refractivity contribution in [3.63, 3.8) is 0 Å². The fraction of sp³-hybridized carbons (Fsp3) is 0.0769. The van der Waals surface area contributed by atoms with Crippen molar-refractivity contribution >= 4 is 17.7 Å². The second-order valence-electron chi connectivity index (χ2n) is 3.96. The first-order chi connectivity index (χ1) is 9.58. The molecule has 0 saturated carbocycles. The fourth-order valence-electron chi connectivity index (χ4n) is 1.65. The number of allylic oxidation sites excluding steroid dienone is 1. The van der Waals surface area contributed by atoms with E-state index >= 15 is 0 Å². The first-order valence-electron chi connectivity index (χ1n) is 5.74.